The van der Waals surface area contributed by atoms with Crippen LogP contribution in [0.25, 0.3) is 0 Å². The number of nitrogens with two attached hydrogens (primary N) is 1. The van der Waals surface area contributed by atoms with Gasteiger partial charge in [0.2, 0.25) is 5.91 Å². The van der Waals surface area contributed by atoms with Gasteiger partial charge in [0.05, 0.1) is 12.3 Å². The molecule has 1 fully saturated rings. The predicted molar refractivity (Wildman–Crippen MR) is 97.8 cm³/mol. The number of hydrogen-bond acceptors (Lipinski definition) is 4. The normalized spacial score (nSPS) is 14.3. The molecule has 138 valence electrons. The van der Waals surface area contributed by atoms with E-state index in [1.165, 1.54) is 0 Å². The minimum absolute atomic E-state index is 0.178. The smallest absolute Gasteiger partial charge is 0.312 e. The number of hydrogen-bond donors (Lipinski definition) is 2. The molecule has 7 heteroatoms. The van der Waals surface area contributed by atoms with E-state index in [4.69, 9.17) is 10.5 Å². The number of para-hydroxylation sites is 2. The van der Waals surface area contributed by atoms with Gasteiger partial charge in [0, 0.05) is 39.1 Å². The maximum absolute atomic E-state index is 12.3. The van der Waals surface area contributed by atoms with Crippen molar-refractivity contribution in [2.24, 2.45) is 5.73 Å². The number of nitrogens with zero attached hydrogens (tertiary/aromatic N) is 2. The van der Waals surface area contributed by atoms with E-state index in [9.17, 15) is 9.59 Å². The van der Waals surface area contributed by atoms with Gasteiger partial charge in [0.25, 0.3) is 0 Å². The van der Waals surface area contributed by atoms with Gasteiger partial charge in [0.15, 0.2) is 0 Å². The topological polar surface area (TPSA) is 87.9 Å². The van der Waals surface area contributed by atoms with Gasteiger partial charge < -0.3 is 25.6 Å². The number of carbonyl (C=O) groups is 2. The number of primary amides is 1. The summed E-state index contributed by atoms with van der Waals surface area (Å²) in [5, 5.41) is 2.53. The lowest BCUT2D eigenvalue weighted by Gasteiger charge is -2.36. The van der Waals surface area contributed by atoms with E-state index in [1.54, 1.807) is 0 Å². The molecule has 0 unspecified atom stereocenters. The molecule has 1 aliphatic heterocycles. The first-order valence-electron chi connectivity index (χ1n) is 8.89. The van der Waals surface area contributed by atoms with Crippen LogP contribution in [0.3, 0.4) is 0 Å². The Bertz CT molecular complexity index is 571. The second kappa shape index (κ2) is 9.76. The van der Waals surface area contributed by atoms with Crippen molar-refractivity contribution in [1.82, 2.24) is 10.2 Å². The zero-order chi connectivity index (χ0) is 18.1. The Balaban J connectivity index is 1.76. The highest BCUT2D eigenvalue weighted by Crippen LogP contribution is 2.28. The molecule has 0 radical (unpaired) electrons. The largest absolute Gasteiger partial charge is 0.492 e. The van der Waals surface area contributed by atoms with Crippen LogP contribution in [-0.4, -0.2) is 56.2 Å². The molecule has 3 N–H and O–H groups in total. The summed E-state index contributed by atoms with van der Waals surface area (Å²) in [5.74, 6) is 1.07. The standard InChI is InChI=1S/C18H28N4O3/c1-2-25-16-8-4-3-7-15(16)21-11-13-22(14-12-21)17(23)9-5-6-10-20-18(19)24/h3-4,7-8H,2,5-6,9-14H2,1H3,(H3,19,20,24). The van der Waals surface area contributed by atoms with Crippen LogP contribution in [0, 0.1) is 0 Å². The summed E-state index contributed by atoms with van der Waals surface area (Å²) >= 11 is 0. The third-order valence-corrected chi connectivity index (χ3v) is 4.25. The van der Waals surface area contributed by atoms with Crippen LogP contribution < -0.4 is 20.7 Å². The fourth-order valence-corrected chi connectivity index (χ4v) is 2.96. The summed E-state index contributed by atoms with van der Waals surface area (Å²) in [6, 6.07) is 7.51. The summed E-state index contributed by atoms with van der Waals surface area (Å²) in [5.41, 5.74) is 6.09. The Hall–Kier alpha value is -2.44. The van der Waals surface area contributed by atoms with Crippen molar-refractivity contribution in [2.75, 3.05) is 44.2 Å². The van der Waals surface area contributed by atoms with Crippen LogP contribution in [0.15, 0.2) is 24.3 Å². The first-order chi connectivity index (χ1) is 12.1. The van der Waals surface area contributed by atoms with E-state index in [0.29, 0.717) is 19.6 Å². The van der Waals surface area contributed by atoms with Gasteiger partial charge in [-0.15, -0.1) is 0 Å². The first kappa shape index (κ1) is 18.9. The molecule has 0 atom stereocenters. The molecule has 1 aliphatic rings. The van der Waals surface area contributed by atoms with Gasteiger partial charge in [-0.3, -0.25) is 4.79 Å². The molecule has 7 nitrogen and oxygen atoms in total. The van der Waals surface area contributed by atoms with Crippen molar-refractivity contribution >= 4 is 17.6 Å². The molecule has 0 saturated carbocycles. The Labute approximate surface area is 149 Å². The molecule has 2 rings (SSSR count). The lowest BCUT2D eigenvalue weighted by molar-refractivity contribution is -0.131. The zero-order valence-electron chi connectivity index (χ0n) is 14.9. The van der Waals surface area contributed by atoms with Gasteiger partial charge in [-0.05, 0) is 31.9 Å². The minimum Gasteiger partial charge on any atom is -0.492 e. The second-order valence-corrected chi connectivity index (χ2v) is 6.02. The highest BCUT2D eigenvalue weighted by molar-refractivity contribution is 5.76. The number of anilines is 1. The molecule has 0 spiro atoms. The number of piperazine rings is 1. The van der Waals surface area contributed by atoms with Crippen molar-refractivity contribution < 1.29 is 14.3 Å². The van der Waals surface area contributed by atoms with E-state index in [0.717, 1.165) is 50.5 Å². The number of nitrogens with one attached hydrogen (secondary N) is 1. The van der Waals surface area contributed by atoms with Crippen LogP contribution in [0.2, 0.25) is 0 Å². The number of rotatable bonds is 8. The summed E-state index contributed by atoms with van der Waals surface area (Å²) in [7, 11) is 0. The van der Waals surface area contributed by atoms with Gasteiger partial charge in [0.1, 0.15) is 5.75 Å². The third kappa shape index (κ3) is 5.85. The minimum atomic E-state index is -0.519. The molecule has 0 aromatic heterocycles. The number of benzene rings is 1. The molecule has 3 amide bonds. The molecule has 0 aliphatic carbocycles. The van der Waals surface area contributed by atoms with Crippen LogP contribution in [-0.2, 0) is 4.79 Å². The third-order valence-electron chi connectivity index (χ3n) is 4.25. The fourth-order valence-electron chi connectivity index (χ4n) is 2.96. The summed E-state index contributed by atoms with van der Waals surface area (Å²) in [6.45, 7) is 6.19. The fraction of sp³-hybridized carbons (Fsp3) is 0.556. The van der Waals surface area contributed by atoms with Crippen molar-refractivity contribution in [3.05, 3.63) is 24.3 Å². The van der Waals surface area contributed by atoms with Gasteiger partial charge >= 0.3 is 6.03 Å². The Morgan fingerprint density at radius 2 is 1.88 bits per heavy atom. The van der Waals surface area contributed by atoms with Crippen LogP contribution >= 0.6 is 0 Å². The number of ether oxygens (including phenoxy) is 1. The number of urea groups is 1. The molecule has 1 heterocycles. The van der Waals surface area contributed by atoms with E-state index in [2.05, 4.69) is 16.3 Å². The van der Waals surface area contributed by atoms with E-state index >= 15 is 0 Å². The molecular formula is C18H28N4O3. The van der Waals surface area contributed by atoms with Crippen LogP contribution in [0.5, 0.6) is 5.75 Å². The molecule has 1 aromatic rings. The maximum Gasteiger partial charge on any atom is 0.312 e. The van der Waals surface area contributed by atoms with Crippen LogP contribution in [0.4, 0.5) is 10.5 Å². The van der Waals surface area contributed by atoms with Crippen molar-refractivity contribution in [1.29, 1.82) is 0 Å². The SMILES string of the molecule is CCOc1ccccc1N1CCN(C(=O)CCCCNC(N)=O)CC1. The van der Waals surface area contributed by atoms with Gasteiger partial charge in [-0.1, -0.05) is 12.1 Å². The average Bonchev–Trinajstić information content (AvgIpc) is 2.62. The average molecular weight is 348 g/mol. The zero-order valence-corrected chi connectivity index (χ0v) is 14.9. The highest BCUT2D eigenvalue weighted by atomic mass is 16.5. The number of amides is 3. The lowest BCUT2D eigenvalue weighted by atomic mass is 10.2. The van der Waals surface area contributed by atoms with E-state index < -0.39 is 6.03 Å². The Morgan fingerprint density at radius 1 is 1.16 bits per heavy atom. The van der Waals surface area contributed by atoms with Gasteiger partial charge in [-0.25, -0.2) is 4.79 Å². The molecule has 1 aromatic carbocycles. The monoisotopic (exact) mass is 348 g/mol. The van der Waals surface area contributed by atoms with Crippen molar-refractivity contribution in [2.45, 2.75) is 26.2 Å². The molecular weight excluding hydrogens is 320 g/mol. The number of unbranched alkanes of at least 4 members (excludes halogenated alkanes) is 1. The van der Waals surface area contributed by atoms with Crippen molar-refractivity contribution in [3.63, 3.8) is 0 Å². The van der Waals surface area contributed by atoms with Gasteiger partial charge in [-0.2, -0.15) is 0 Å². The Morgan fingerprint density at radius 3 is 2.56 bits per heavy atom. The molecule has 25 heavy (non-hydrogen) atoms. The maximum atomic E-state index is 12.3. The predicted octanol–water partition coefficient (Wildman–Crippen LogP) is 1.57. The quantitative estimate of drug-likeness (QED) is 0.698. The summed E-state index contributed by atoms with van der Waals surface area (Å²) in [6.07, 6.45) is 2.03. The van der Waals surface area contributed by atoms with Crippen molar-refractivity contribution in [3.8, 4) is 5.75 Å². The summed E-state index contributed by atoms with van der Waals surface area (Å²) < 4.78 is 5.70. The first-order valence-corrected chi connectivity index (χ1v) is 8.89. The lowest BCUT2D eigenvalue weighted by Crippen LogP contribution is -2.48. The summed E-state index contributed by atoms with van der Waals surface area (Å²) in [4.78, 5) is 27.0. The number of carbonyl (C=O) groups excluding carboxylic acids is 2. The second-order valence-electron chi connectivity index (χ2n) is 6.02. The van der Waals surface area contributed by atoms with E-state index in [-0.39, 0.29) is 5.91 Å². The highest BCUT2D eigenvalue weighted by Gasteiger charge is 2.22. The van der Waals surface area contributed by atoms with Crippen LogP contribution in [0.1, 0.15) is 26.2 Å². The van der Waals surface area contributed by atoms with E-state index in [1.807, 2.05) is 30.0 Å². The Kier molecular flexibility index (Phi) is 7.37. The molecule has 1 saturated heterocycles. The molecule has 0 bridgehead atoms.